The van der Waals surface area contributed by atoms with Crippen LogP contribution in [-0.4, -0.2) is 4.98 Å². The molecule has 0 saturated heterocycles. The Hall–Kier alpha value is -2.08. The Kier molecular flexibility index (Phi) is 2.91. The average Bonchev–Trinajstić information content (AvgIpc) is 2.17. The Morgan fingerprint density at radius 1 is 1.33 bits per heavy atom. The lowest BCUT2D eigenvalue weighted by Gasteiger charge is -2.10. The van der Waals surface area contributed by atoms with Crippen LogP contribution in [0.15, 0.2) is 12.3 Å². The van der Waals surface area contributed by atoms with E-state index in [0.717, 1.165) is 6.20 Å². The molecule has 15 heavy (non-hydrogen) atoms. The largest absolute Gasteiger partial charge is 0.416 e. The highest BCUT2D eigenvalue weighted by Crippen LogP contribution is 2.32. The van der Waals surface area contributed by atoms with Gasteiger partial charge in [0, 0.05) is 6.20 Å². The van der Waals surface area contributed by atoms with Crippen LogP contribution in [0.1, 0.15) is 16.8 Å². The number of nitriles is 2. The van der Waals surface area contributed by atoms with Gasteiger partial charge < -0.3 is 0 Å². The number of pyridine rings is 1. The monoisotopic (exact) mass is 211 g/mol. The standard InChI is InChI=1S/C9H4F3N3/c10-9(11,12)8-3-7(4-14)15-5-6(8)1-2-13/h3,5H,1H2. The molecule has 0 radical (unpaired) electrons. The molecule has 1 heterocycles. The van der Waals surface area contributed by atoms with Crippen molar-refractivity contribution in [3.63, 3.8) is 0 Å². The van der Waals surface area contributed by atoms with Crippen molar-refractivity contribution in [3.05, 3.63) is 29.1 Å². The van der Waals surface area contributed by atoms with Gasteiger partial charge in [0.1, 0.15) is 11.8 Å². The SMILES string of the molecule is N#CCc1cnc(C#N)cc1C(F)(F)F. The maximum atomic E-state index is 12.4. The molecule has 0 aromatic carbocycles. The second kappa shape index (κ2) is 3.97. The fourth-order valence-corrected chi connectivity index (χ4v) is 1.03. The van der Waals surface area contributed by atoms with Crippen molar-refractivity contribution in [3.8, 4) is 12.1 Å². The average molecular weight is 211 g/mol. The molecule has 0 N–H and O–H groups in total. The zero-order valence-electron chi connectivity index (χ0n) is 7.34. The summed E-state index contributed by atoms with van der Waals surface area (Å²) in [5.74, 6) is 0. The van der Waals surface area contributed by atoms with Crippen molar-refractivity contribution in [1.29, 1.82) is 10.5 Å². The van der Waals surface area contributed by atoms with E-state index in [4.69, 9.17) is 10.5 Å². The van der Waals surface area contributed by atoms with Crippen molar-refractivity contribution in [2.45, 2.75) is 12.6 Å². The van der Waals surface area contributed by atoms with E-state index in [0.29, 0.717) is 6.07 Å². The number of nitrogens with zero attached hydrogens (tertiary/aromatic N) is 3. The maximum Gasteiger partial charge on any atom is 0.416 e. The van der Waals surface area contributed by atoms with E-state index in [9.17, 15) is 13.2 Å². The molecule has 1 aromatic heterocycles. The van der Waals surface area contributed by atoms with Crippen LogP contribution in [0.4, 0.5) is 13.2 Å². The maximum absolute atomic E-state index is 12.4. The van der Waals surface area contributed by atoms with Gasteiger partial charge in [-0.2, -0.15) is 23.7 Å². The summed E-state index contributed by atoms with van der Waals surface area (Å²) in [6.45, 7) is 0. The van der Waals surface area contributed by atoms with Crippen LogP contribution in [0.25, 0.3) is 0 Å². The minimum atomic E-state index is -4.57. The number of aromatic nitrogens is 1. The Bertz CT molecular complexity index is 451. The van der Waals surface area contributed by atoms with Gasteiger partial charge in [-0.05, 0) is 11.6 Å². The van der Waals surface area contributed by atoms with E-state index < -0.39 is 11.7 Å². The van der Waals surface area contributed by atoms with Gasteiger partial charge in [-0.1, -0.05) is 0 Å². The molecule has 0 bridgehead atoms. The summed E-state index contributed by atoms with van der Waals surface area (Å²) in [6, 6.07) is 3.77. The molecule has 0 spiro atoms. The van der Waals surface area contributed by atoms with Crippen molar-refractivity contribution in [2.24, 2.45) is 0 Å². The van der Waals surface area contributed by atoms with Crippen molar-refractivity contribution in [2.75, 3.05) is 0 Å². The highest BCUT2D eigenvalue weighted by molar-refractivity contribution is 5.35. The summed E-state index contributed by atoms with van der Waals surface area (Å²) < 4.78 is 37.3. The third kappa shape index (κ3) is 2.44. The normalized spacial score (nSPS) is 10.5. The molecule has 0 amide bonds. The van der Waals surface area contributed by atoms with Crippen LogP contribution in [0.3, 0.4) is 0 Å². The molecule has 3 nitrogen and oxygen atoms in total. The molecule has 0 saturated carbocycles. The van der Waals surface area contributed by atoms with E-state index in [2.05, 4.69) is 4.98 Å². The molecule has 0 fully saturated rings. The van der Waals surface area contributed by atoms with Crippen LogP contribution in [-0.2, 0) is 12.6 Å². The molecule has 76 valence electrons. The van der Waals surface area contributed by atoms with Gasteiger partial charge in [0.15, 0.2) is 0 Å². The topological polar surface area (TPSA) is 60.5 Å². The van der Waals surface area contributed by atoms with E-state index >= 15 is 0 Å². The third-order valence-electron chi connectivity index (χ3n) is 1.68. The first-order valence-corrected chi connectivity index (χ1v) is 3.82. The molecule has 0 aliphatic rings. The van der Waals surface area contributed by atoms with Crippen LogP contribution in [0, 0.1) is 22.7 Å². The van der Waals surface area contributed by atoms with E-state index in [1.54, 1.807) is 6.07 Å². The van der Waals surface area contributed by atoms with Gasteiger partial charge in [0.2, 0.25) is 0 Å². The van der Waals surface area contributed by atoms with Gasteiger partial charge in [-0.15, -0.1) is 0 Å². The second-order valence-electron chi connectivity index (χ2n) is 2.67. The molecule has 1 rings (SSSR count). The summed E-state index contributed by atoms with van der Waals surface area (Å²) in [7, 11) is 0. The highest BCUT2D eigenvalue weighted by Gasteiger charge is 2.33. The van der Waals surface area contributed by atoms with E-state index in [1.165, 1.54) is 6.07 Å². The molecular weight excluding hydrogens is 207 g/mol. The van der Waals surface area contributed by atoms with Gasteiger partial charge in [-0.3, -0.25) is 0 Å². The van der Waals surface area contributed by atoms with Crippen LogP contribution in [0.5, 0.6) is 0 Å². The number of halogens is 3. The van der Waals surface area contributed by atoms with Gasteiger partial charge in [0.25, 0.3) is 0 Å². The highest BCUT2D eigenvalue weighted by atomic mass is 19.4. The number of rotatable bonds is 1. The van der Waals surface area contributed by atoms with Crippen molar-refractivity contribution in [1.82, 2.24) is 4.98 Å². The summed E-state index contributed by atoms with van der Waals surface area (Å²) in [6.07, 6.45) is -4.04. The summed E-state index contributed by atoms with van der Waals surface area (Å²) in [5.41, 5.74) is -1.51. The van der Waals surface area contributed by atoms with Crippen molar-refractivity contribution >= 4 is 0 Å². The fourth-order valence-electron chi connectivity index (χ4n) is 1.03. The zero-order chi connectivity index (χ0) is 11.5. The Morgan fingerprint density at radius 3 is 2.47 bits per heavy atom. The summed E-state index contributed by atoms with van der Waals surface area (Å²) in [5, 5.41) is 16.7. The summed E-state index contributed by atoms with van der Waals surface area (Å²) in [4.78, 5) is 3.48. The first-order chi connectivity index (χ1) is 6.99. The van der Waals surface area contributed by atoms with Crippen LogP contribution >= 0.6 is 0 Å². The van der Waals surface area contributed by atoms with Crippen LogP contribution in [0.2, 0.25) is 0 Å². The number of hydrogen-bond donors (Lipinski definition) is 0. The molecule has 6 heteroatoms. The molecule has 1 aromatic rings. The summed E-state index contributed by atoms with van der Waals surface area (Å²) >= 11 is 0. The molecular formula is C9H4F3N3. The van der Waals surface area contributed by atoms with Gasteiger partial charge >= 0.3 is 6.18 Å². The van der Waals surface area contributed by atoms with E-state index in [-0.39, 0.29) is 17.7 Å². The minimum Gasteiger partial charge on any atom is -0.245 e. The van der Waals surface area contributed by atoms with Gasteiger partial charge in [0.05, 0.1) is 18.1 Å². The van der Waals surface area contributed by atoms with Crippen LogP contribution < -0.4 is 0 Å². The number of alkyl halides is 3. The molecule has 0 aliphatic carbocycles. The molecule has 0 atom stereocenters. The third-order valence-corrected chi connectivity index (χ3v) is 1.68. The Balaban J connectivity index is 3.32. The van der Waals surface area contributed by atoms with Crippen molar-refractivity contribution < 1.29 is 13.2 Å². The quantitative estimate of drug-likeness (QED) is 0.714. The lowest BCUT2D eigenvalue weighted by Crippen LogP contribution is -2.10. The predicted molar refractivity (Wildman–Crippen MR) is 43.3 cm³/mol. The zero-order valence-corrected chi connectivity index (χ0v) is 7.34. The lowest BCUT2D eigenvalue weighted by atomic mass is 10.1. The fraction of sp³-hybridized carbons (Fsp3) is 0.222. The molecule has 0 aliphatic heterocycles. The van der Waals surface area contributed by atoms with E-state index in [1.807, 2.05) is 0 Å². The minimum absolute atomic E-state index is 0.219. The van der Waals surface area contributed by atoms with Gasteiger partial charge in [-0.25, -0.2) is 4.98 Å². The second-order valence-corrected chi connectivity index (χ2v) is 2.67. The predicted octanol–water partition coefficient (Wildman–Crippen LogP) is 2.04. The lowest BCUT2D eigenvalue weighted by molar-refractivity contribution is -0.138. The first-order valence-electron chi connectivity index (χ1n) is 3.82. The Morgan fingerprint density at radius 2 is 2.00 bits per heavy atom. The molecule has 0 unspecified atom stereocenters. The first kappa shape index (κ1) is 11.0. The Labute approximate surface area is 83.4 Å². The smallest absolute Gasteiger partial charge is 0.245 e. The number of hydrogen-bond acceptors (Lipinski definition) is 3.